The minimum absolute atomic E-state index is 0.393. The van der Waals surface area contributed by atoms with Crippen molar-refractivity contribution < 1.29 is 4.74 Å². The van der Waals surface area contributed by atoms with Gasteiger partial charge < -0.3 is 10.5 Å². The highest BCUT2D eigenvalue weighted by molar-refractivity contribution is 7.80. The maximum Gasteiger partial charge on any atom is 0.119 e. The molecular weight excluding hydrogens is 254 g/mol. The van der Waals surface area contributed by atoms with Crippen molar-refractivity contribution in [2.24, 2.45) is 11.7 Å². The summed E-state index contributed by atoms with van der Waals surface area (Å²) in [4.78, 5) is 0.534. The molecule has 0 heterocycles. The van der Waals surface area contributed by atoms with Gasteiger partial charge >= 0.3 is 0 Å². The molecule has 2 rings (SSSR count). The first-order valence-electron chi connectivity index (χ1n) is 7.21. The third-order valence-corrected chi connectivity index (χ3v) is 4.12. The maximum atomic E-state index is 6.04. The van der Waals surface area contributed by atoms with E-state index in [1.54, 1.807) is 0 Å². The first-order chi connectivity index (χ1) is 9.17. The van der Waals surface area contributed by atoms with Crippen LogP contribution in [0, 0.1) is 5.92 Å². The number of thiocarbonyl (C=S) groups is 1. The average molecular weight is 277 g/mol. The second kappa shape index (κ2) is 6.90. The lowest BCUT2D eigenvalue weighted by Gasteiger charge is -2.28. The Labute approximate surface area is 121 Å². The Morgan fingerprint density at radius 1 is 1.21 bits per heavy atom. The minimum atomic E-state index is 0.393. The summed E-state index contributed by atoms with van der Waals surface area (Å²) >= 11 is 4.91. The molecule has 1 aliphatic rings. The Balaban J connectivity index is 1.84. The van der Waals surface area contributed by atoms with Crippen molar-refractivity contribution in [2.75, 3.05) is 0 Å². The zero-order chi connectivity index (χ0) is 13.7. The van der Waals surface area contributed by atoms with Crippen LogP contribution in [0.15, 0.2) is 24.3 Å². The van der Waals surface area contributed by atoms with Crippen LogP contribution in [-0.4, -0.2) is 11.1 Å². The zero-order valence-corrected chi connectivity index (χ0v) is 12.4. The lowest BCUT2D eigenvalue weighted by atomic mass is 9.86. The Morgan fingerprint density at radius 2 is 1.84 bits per heavy atom. The van der Waals surface area contributed by atoms with Crippen molar-refractivity contribution in [2.45, 2.75) is 51.6 Å². The molecule has 0 atom stereocenters. The van der Waals surface area contributed by atoms with Crippen LogP contribution in [-0.2, 0) is 6.42 Å². The Morgan fingerprint density at radius 3 is 2.37 bits per heavy atom. The lowest BCUT2D eigenvalue weighted by Crippen LogP contribution is -2.23. The molecule has 2 nitrogen and oxygen atoms in total. The van der Waals surface area contributed by atoms with E-state index in [1.165, 1.54) is 32.1 Å². The molecule has 0 aromatic heterocycles. The summed E-state index contributed by atoms with van der Waals surface area (Å²) in [5, 5.41) is 0. The summed E-state index contributed by atoms with van der Waals surface area (Å²) in [6.07, 6.45) is 7.35. The van der Waals surface area contributed by atoms with Crippen LogP contribution in [0.3, 0.4) is 0 Å². The SMILES string of the molecule is CCC1CCC(Oc2ccc(CC(N)=S)cc2)CC1. The third kappa shape index (κ3) is 4.50. The van der Waals surface area contributed by atoms with Gasteiger partial charge in [0, 0.05) is 6.42 Å². The van der Waals surface area contributed by atoms with Crippen LogP contribution < -0.4 is 10.5 Å². The fourth-order valence-corrected chi connectivity index (χ4v) is 2.90. The molecule has 0 spiro atoms. The molecule has 0 saturated heterocycles. The molecule has 0 radical (unpaired) electrons. The van der Waals surface area contributed by atoms with E-state index in [2.05, 4.69) is 6.92 Å². The van der Waals surface area contributed by atoms with E-state index in [-0.39, 0.29) is 0 Å². The van der Waals surface area contributed by atoms with Gasteiger partial charge in [-0.3, -0.25) is 0 Å². The summed E-state index contributed by atoms with van der Waals surface area (Å²) in [5.41, 5.74) is 6.69. The second-order valence-corrected chi connectivity index (χ2v) is 5.98. The molecule has 1 aromatic rings. The van der Waals surface area contributed by atoms with E-state index < -0.39 is 0 Å². The molecular formula is C16H23NOS. The summed E-state index contributed by atoms with van der Waals surface area (Å²) < 4.78 is 6.04. The molecule has 0 aliphatic heterocycles. The first-order valence-corrected chi connectivity index (χ1v) is 7.62. The molecule has 19 heavy (non-hydrogen) atoms. The largest absolute Gasteiger partial charge is 0.490 e. The van der Waals surface area contributed by atoms with E-state index in [9.17, 15) is 0 Å². The van der Waals surface area contributed by atoms with E-state index in [1.807, 2.05) is 24.3 Å². The number of hydrogen-bond donors (Lipinski definition) is 1. The zero-order valence-electron chi connectivity index (χ0n) is 11.6. The third-order valence-electron chi connectivity index (χ3n) is 3.98. The number of nitrogens with two attached hydrogens (primary N) is 1. The van der Waals surface area contributed by atoms with Crippen LogP contribution in [0.25, 0.3) is 0 Å². The highest BCUT2D eigenvalue weighted by Gasteiger charge is 2.21. The van der Waals surface area contributed by atoms with Crippen LogP contribution in [0.2, 0.25) is 0 Å². The number of hydrogen-bond acceptors (Lipinski definition) is 2. The van der Waals surface area contributed by atoms with Gasteiger partial charge in [-0.05, 0) is 49.3 Å². The van der Waals surface area contributed by atoms with Gasteiger partial charge in [0.15, 0.2) is 0 Å². The molecule has 1 aliphatic carbocycles. The maximum absolute atomic E-state index is 6.04. The molecule has 1 fully saturated rings. The van der Waals surface area contributed by atoms with Gasteiger partial charge in [-0.25, -0.2) is 0 Å². The number of rotatable bonds is 5. The minimum Gasteiger partial charge on any atom is -0.490 e. The van der Waals surface area contributed by atoms with E-state index in [4.69, 9.17) is 22.7 Å². The number of benzene rings is 1. The van der Waals surface area contributed by atoms with Crippen LogP contribution >= 0.6 is 12.2 Å². The van der Waals surface area contributed by atoms with Crippen molar-refractivity contribution in [3.8, 4) is 5.75 Å². The van der Waals surface area contributed by atoms with Gasteiger partial charge in [0.1, 0.15) is 5.75 Å². The standard InChI is InChI=1S/C16H23NOS/c1-2-12-3-7-14(8-4-12)18-15-9-5-13(6-10-15)11-16(17)19/h5-6,9-10,12,14H,2-4,7-8,11H2,1H3,(H2,17,19). The Kier molecular flexibility index (Phi) is 5.20. The lowest BCUT2D eigenvalue weighted by molar-refractivity contribution is 0.130. The van der Waals surface area contributed by atoms with Gasteiger partial charge in [-0.1, -0.05) is 37.7 Å². The molecule has 104 valence electrons. The quantitative estimate of drug-likeness (QED) is 0.830. The summed E-state index contributed by atoms with van der Waals surface area (Å²) in [7, 11) is 0. The topological polar surface area (TPSA) is 35.2 Å². The van der Waals surface area contributed by atoms with E-state index >= 15 is 0 Å². The van der Waals surface area contributed by atoms with Crippen molar-refractivity contribution in [1.82, 2.24) is 0 Å². The Bertz CT molecular complexity index is 407. The smallest absolute Gasteiger partial charge is 0.119 e. The van der Waals surface area contributed by atoms with Gasteiger partial charge in [-0.15, -0.1) is 0 Å². The molecule has 2 N–H and O–H groups in total. The van der Waals surface area contributed by atoms with Crippen molar-refractivity contribution in [3.63, 3.8) is 0 Å². The van der Waals surface area contributed by atoms with Crippen LogP contribution in [0.1, 0.15) is 44.6 Å². The van der Waals surface area contributed by atoms with Crippen LogP contribution in [0.4, 0.5) is 0 Å². The summed E-state index contributed by atoms with van der Waals surface area (Å²) in [6.45, 7) is 2.28. The molecule has 0 bridgehead atoms. The van der Waals surface area contributed by atoms with Gasteiger partial charge in [-0.2, -0.15) is 0 Å². The highest BCUT2D eigenvalue weighted by atomic mass is 32.1. The van der Waals surface area contributed by atoms with Crippen molar-refractivity contribution in [3.05, 3.63) is 29.8 Å². The fourth-order valence-electron chi connectivity index (χ4n) is 2.74. The first kappa shape index (κ1) is 14.3. The molecule has 0 unspecified atom stereocenters. The molecule has 0 amide bonds. The van der Waals surface area contributed by atoms with Gasteiger partial charge in [0.25, 0.3) is 0 Å². The summed E-state index contributed by atoms with van der Waals surface area (Å²) in [6, 6.07) is 8.15. The second-order valence-electron chi connectivity index (χ2n) is 5.46. The van der Waals surface area contributed by atoms with E-state index in [0.717, 1.165) is 17.2 Å². The van der Waals surface area contributed by atoms with Gasteiger partial charge in [0.2, 0.25) is 0 Å². The highest BCUT2D eigenvalue weighted by Crippen LogP contribution is 2.29. The van der Waals surface area contributed by atoms with Gasteiger partial charge in [0.05, 0.1) is 11.1 Å². The van der Waals surface area contributed by atoms with Crippen molar-refractivity contribution >= 4 is 17.2 Å². The predicted molar refractivity (Wildman–Crippen MR) is 83.6 cm³/mol. The predicted octanol–water partition coefficient (Wildman–Crippen LogP) is 3.86. The normalized spacial score (nSPS) is 23.0. The van der Waals surface area contributed by atoms with Crippen molar-refractivity contribution in [1.29, 1.82) is 0 Å². The monoisotopic (exact) mass is 277 g/mol. The summed E-state index contributed by atoms with van der Waals surface area (Å²) in [5.74, 6) is 1.87. The average Bonchev–Trinajstić information content (AvgIpc) is 2.41. The molecule has 1 aromatic carbocycles. The van der Waals surface area contributed by atoms with E-state index in [0.29, 0.717) is 17.5 Å². The molecule has 3 heteroatoms. The molecule has 1 saturated carbocycles. The van der Waals surface area contributed by atoms with Crippen LogP contribution in [0.5, 0.6) is 5.75 Å². The number of ether oxygens (including phenoxy) is 1. The Hall–Kier alpha value is -1.09. The fraction of sp³-hybridized carbons (Fsp3) is 0.562.